The molecule has 1 spiro atoms. The fourth-order valence-corrected chi connectivity index (χ4v) is 3.84. The number of hydrogen-bond acceptors (Lipinski definition) is 4. The predicted octanol–water partition coefficient (Wildman–Crippen LogP) is 0.794. The van der Waals surface area contributed by atoms with Crippen LogP contribution in [0.15, 0.2) is 0 Å². The number of amides is 1. The predicted molar refractivity (Wildman–Crippen MR) is 58.9 cm³/mol. The van der Waals surface area contributed by atoms with Crippen LogP contribution in [0.4, 0.5) is 4.79 Å². The van der Waals surface area contributed by atoms with E-state index in [4.69, 9.17) is 4.74 Å². The molecular formula is C10H17NO4S. The lowest BCUT2D eigenvalue weighted by atomic mass is 9.95. The third kappa shape index (κ3) is 1.69. The Labute approximate surface area is 95.7 Å². The number of hydrogen-bond donors (Lipinski definition) is 0. The monoisotopic (exact) mass is 247 g/mol. The Morgan fingerprint density at radius 3 is 2.19 bits per heavy atom. The molecule has 0 aromatic rings. The van der Waals surface area contributed by atoms with Crippen molar-refractivity contribution in [2.24, 2.45) is 0 Å². The topological polar surface area (TPSA) is 63.7 Å². The highest BCUT2D eigenvalue weighted by atomic mass is 32.2. The molecule has 2 aliphatic rings. The van der Waals surface area contributed by atoms with Crippen molar-refractivity contribution < 1.29 is 17.9 Å². The molecule has 2 fully saturated rings. The van der Waals surface area contributed by atoms with Gasteiger partial charge in [0, 0.05) is 13.1 Å². The van der Waals surface area contributed by atoms with Gasteiger partial charge < -0.3 is 9.64 Å². The van der Waals surface area contributed by atoms with E-state index >= 15 is 0 Å². The number of rotatable bonds is 0. The van der Waals surface area contributed by atoms with Gasteiger partial charge in [0.2, 0.25) is 0 Å². The zero-order valence-corrected chi connectivity index (χ0v) is 10.6. The van der Waals surface area contributed by atoms with Crippen molar-refractivity contribution in [2.75, 3.05) is 18.8 Å². The third-order valence-corrected chi connectivity index (χ3v) is 5.62. The van der Waals surface area contributed by atoms with E-state index < -0.39 is 26.3 Å². The van der Waals surface area contributed by atoms with Crippen LogP contribution >= 0.6 is 0 Å². The van der Waals surface area contributed by atoms with Gasteiger partial charge in [-0.2, -0.15) is 0 Å². The third-order valence-electron chi connectivity index (χ3n) is 3.10. The maximum Gasteiger partial charge on any atom is 0.410 e. The van der Waals surface area contributed by atoms with E-state index in [9.17, 15) is 13.2 Å². The number of likely N-dealkylation sites (tertiary alicyclic amines) is 1. The smallest absolute Gasteiger partial charge is 0.410 e. The minimum absolute atomic E-state index is 0.259. The average Bonchev–Trinajstić information content (AvgIpc) is 1.96. The highest BCUT2D eigenvalue weighted by molar-refractivity contribution is 7.94. The Morgan fingerprint density at radius 1 is 1.31 bits per heavy atom. The van der Waals surface area contributed by atoms with Crippen LogP contribution in [0.2, 0.25) is 0 Å². The summed E-state index contributed by atoms with van der Waals surface area (Å²) in [5, 5.41) is 0. The van der Waals surface area contributed by atoms with Crippen LogP contribution in [0.5, 0.6) is 0 Å². The first-order valence-electron chi connectivity index (χ1n) is 5.36. The van der Waals surface area contributed by atoms with Crippen molar-refractivity contribution in [3.05, 3.63) is 0 Å². The summed E-state index contributed by atoms with van der Waals surface area (Å²) in [5.41, 5.74) is -0.529. The summed E-state index contributed by atoms with van der Waals surface area (Å²) in [5.74, 6) is 0.259. The quantitative estimate of drug-likeness (QED) is 0.635. The van der Waals surface area contributed by atoms with E-state index in [0.29, 0.717) is 19.5 Å². The van der Waals surface area contributed by atoms with Crippen LogP contribution in [-0.4, -0.2) is 48.6 Å². The summed E-state index contributed by atoms with van der Waals surface area (Å²) < 4.78 is 27.5. The van der Waals surface area contributed by atoms with Crippen LogP contribution in [-0.2, 0) is 14.6 Å². The molecule has 92 valence electrons. The summed E-state index contributed by atoms with van der Waals surface area (Å²) in [6, 6.07) is 0. The van der Waals surface area contributed by atoms with Gasteiger partial charge in [0.15, 0.2) is 9.84 Å². The lowest BCUT2D eigenvalue weighted by Gasteiger charge is -2.53. The van der Waals surface area contributed by atoms with E-state index in [2.05, 4.69) is 0 Å². The Kier molecular flexibility index (Phi) is 2.28. The Morgan fingerprint density at radius 2 is 1.88 bits per heavy atom. The van der Waals surface area contributed by atoms with Crippen LogP contribution in [0.1, 0.15) is 27.2 Å². The van der Waals surface area contributed by atoms with Crippen molar-refractivity contribution in [3.8, 4) is 0 Å². The maximum atomic E-state index is 11.6. The summed E-state index contributed by atoms with van der Waals surface area (Å²) in [6.07, 6.45) is 0.259. The van der Waals surface area contributed by atoms with Crippen molar-refractivity contribution in [3.63, 3.8) is 0 Å². The maximum absolute atomic E-state index is 11.6. The number of nitrogens with zero attached hydrogens (tertiary/aromatic N) is 1. The van der Waals surface area contributed by atoms with Crippen LogP contribution in [0, 0.1) is 0 Å². The fraction of sp³-hybridized carbons (Fsp3) is 0.900. The van der Waals surface area contributed by atoms with Crippen molar-refractivity contribution >= 4 is 15.9 Å². The average molecular weight is 247 g/mol. The molecule has 1 amide bonds. The van der Waals surface area contributed by atoms with Crippen LogP contribution in [0.3, 0.4) is 0 Å². The molecule has 2 aliphatic heterocycles. The molecule has 0 N–H and O–H groups in total. The molecule has 0 aromatic carbocycles. The fourth-order valence-electron chi connectivity index (χ4n) is 2.02. The molecule has 5 nitrogen and oxygen atoms in total. The van der Waals surface area contributed by atoms with E-state index in [0.717, 1.165) is 0 Å². The number of carbonyl (C=O) groups excluding carboxylic acids is 1. The molecule has 0 aliphatic carbocycles. The van der Waals surface area contributed by atoms with Gasteiger partial charge in [-0.3, -0.25) is 0 Å². The lowest BCUT2D eigenvalue weighted by molar-refractivity contribution is 0.00123. The lowest BCUT2D eigenvalue weighted by Crippen LogP contribution is -2.72. The molecular weight excluding hydrogens is 230 g/mol. The zero-order chi connectivity index (χ0) is 12.2. The van der Waals surface area contributed by atoms with Gasteiger partial charge in [0.25, 0.3) is 0 Å². The summed E-state index contributed by atoms with van der Waals surface area (Å²) in [6.45, 7) is 5.97. The van der Waals surface area contributed by atoms with Crippen LogP contribution in [0.25, 0.3) is 0 Å². The Balaban J connectivity index is 1.92. The Bertz CT molecular complexity index is 415. The molecule has 2 heterocycles. The summed E-state index contributed by atoms with van der Waals surface area (Å²) >= 11 is 0. The van der Waals surface area contributed by atoms with E-state index in [1.54, 1.807) is 20.8 Å². The van der Waals surface area contributed by atoms with Crippen molar-refractivity contribution in [2.45, 2.75) is 37.5 Å². The molecule has 0 radical (unpaired) electrons. The van der Waals surface area contributed by atoms with Crippen LogP contribution < -0.4 is 0 Å². The molecule has 2 saturated heterocycles. The summed E-state index contributed by atoms with van der Waals surface area (Å²) in [7, 11) is -2.94. The second kappa shape index (κ2) is 3.12. The SMILES string of the molecule is CC(C)(C)OC(=O)N1CC2(CCS2(=O)=O)C1. The largest absolute Gasteiger partial charge is 0.444 e. The second-order valence-electron chi connectivity index (χ2n) is 5.59. The molecule has 0 saturated carbocycles. The normalized spacial score (nSPS) is 25.8. The van der Waals surface area contributed by atoms with E-state index in [-0.39, 0.29) is 5.75 Å². The first-order valence-corrected chi connectivity index (χ1v) is 7.01. The standard InChI is InChI=1S/C10H17NO4S/c1-9(2,3)15-8(12)11-6-10(7-11)4-5-16(10,13)14/h4-7H2,1-3H3. The van der Waals surface area contributed by atoms with Crippen molar-refractivity contribution in [1.29, 1.82) is 0 Å². The van der Waals surface area contributed by atoms with Gasteiger partial charge in [-0.05, 0) is 27.2 Å². The van der Waals surface area contributed by atoms with Gasteiger partial charge in [0.1, 0.15) is 10.3 Å². The first-order chi connectivity index (χ1) is 7.15. The molecule has 2 rings (SSSR count). The molecule has 0 atom stereocenters. The molecule has 0 aromatic heterocycles. The van der Waals surface area contributed by atoms with Gasteiger partial charge in [-0.15, -0.1) is 0 Å². The van der Waals surface area contributed by atoms with E-state index in [1.165, 1.54) is 4.90 Å². The van der Waals surface area contributed by atoms with Gasteiger partial charge in [-0.1, -0.05) is 0 Å². The summed E-state index contributed by atoms with van der Waals surface area (Å²) in [4.78, 5) is 13.0. The van der Waals surface area contributed by atoms with Gasteiger partial charge in [0.05, 0.1) is 5.75 Å². The first kappa shape index (κ1) is 11.7. The molecule has 16 heavy (non-hydrogen) atoms. The van der Waals surface area contributed by atoms with Gasteiger partial charge >= 0.3 is 6.09 Å². The van der Waals surface area contributed by atoms with Gasteiger partial charge in [-0.25, -0.2) is 13.2 Å². The van der Waals surface area contributed by atoms with Crippen molar-refractivity contribution in [1.82, 2.24) is 4.90 Å². The Hall–Kier alpha value is -0.780. The minimum atomic E-state index is -2.94. The highest BCUT2D eigenvalue weighted by Crippen LogP contribution is 2.42. The number of carbonyl (C=O) groups is 1. The molecule has 6 heteroatoms. The minimum Gasteiger partial charge on any atom is -0.444 e. The second-order valence-corrected chi connectivity index (χ2v) is 8.09. The number of sulfone groups is 1. The number of ether oxygens (including phenoxy) is 1. The zero-order valence-electron chi connectivity index (χ0n) is 9.82. The highest BCUT2D eigenvalue weighted by Gasteiger charge is 2.61. The molecule has 0 bridgehead atoms. The molecule has 0 unspecified atom stereocenters. The van der Waals surface area contributed by atoms with E-state index in [1.807, 2.05) is 0 Å².